The van der Waals surface area contributed by atoms with Gasteiger partial charge in [0.25, 0.3) is 0 Å². The van der Waals surface area contributed by atoms with Crippen LogP contribution in [0.25, 0.3) is 0 Å². The van der Waals surface area contributed by atoms with Gasteiger partial charge in [-0.3, -0.25) is 9.59 Å². The van der Waals surface area contributed by atoms with Crippen LogP contribution >= 0.6 is 0 Å². The van der Waals surface area contributed by atoms with Crippen LogP contribution in [0, 0.1) is 17.7 Å². The highest BCUT2D eigenvalue weighted by atomic mass is 19.1. The van der Waals surface area contributed by atoms with E-state index in [-0.39, 0.29) is 29.5 Å². The first-order valence-corrected chi connectivity index (χ1v) is 12.2. The van der Waals surface area contributed by atoms with Crippen molar-refractivity contribution in [2.45, 2.75) is 45.6 Å². The molecular formula is C25H37FN4O2. The topological polar surface area (TPSA) is 47.1 Å². The number of hydrogen-bond acceptors (Lipinski definition) is 4. The molecule has 0 bridgehead atoms. The van der Waals surface area contributed by atoms with Crippen LogP contribution in [-0.2, 0) is 9.59 Å². The van der Waals surface area contributed by atoms with E-state index in [1.807, 2.05) is 40.7 Å². The second-order valence-electron chi connectivity index (χ2n) is 9.79. The van der Waals surface area contributed by atoms with Crippen LogP contribution in [0.5, 0.6) is 0 Å². The Kier molecular flexibility index (Phi) is 7.33. The molecular weight excluding hydrogens is 407 g/mol. The van der Waals surface area contributed by atoms with Gasteiger partial charge < -0.3 is 19.6 Å². The molecule has 1 aromatic carbocycles. The summed E-state index contributed by atoms with van der Waals surface area (Å²) in [4.78, 5) is 33.9. The number of piperidine rings is 2. The molecule has 176 valence electrons. The van der Waals surface area contributed by atoms with Crippen LogP contribution in [0.1, 0.15) is 39.5 Å². The summed E-state index contributed by atoms with van der Waals surface area (Å²) in [5.41, 5.74) is 0.633. The van der Waals surface area contributed by atoms with E-state index in [2.05, 4.69) is 4.90 Å². The second-order valence-corrected chi connectivity index (χ2v) is 9.79. The predicted molar refractivity (Wildman–Crippen MR) is 124 cm³/mol. The lowest BCUT2D eigenvalue weighted by Crippen LogP contribution is -2.53. The molecule has 0 spiro atoms. The number of rotatable bonds is 4. The molecule has 4 rings (SSSR count). The minimum absolute atomic E-state index is 0.0712. The Morgan fingerprint density at radius 1 is 0.844 bits per heavy atom. The third kappa shape index (κ3) is 5.08. The van der Waals surface area contributed by atoms with Gasteiger partial charge >= 0.3 is 0 Å². The largest absolute Gasteiger partial charge is 0.366 e. The zero-order valence-electron chi connectivity index (χ0n) is 19.5. The van der Waals surface area contributed by atoms with E-state index in [1.165, 1.54) is 6.07 Å². The number of halogens is 1. The molecule has 1 aromatic rings. The Balaban J connectivity index is 1.21. The number of nitrogens with zero attached hydrogens (tertiary/aromatic N) is 4. The first-order chi connectivity index (χ1) is 15.4. The molecule has 3 heterocycles. The number of para-hydroxylation sites is 1. The van der Waals surface area contributed by atoms with E-state index in [1.54, 1.807) is 6.07 Å². The fourth-order valence-corrected chi connectivity index (χ4v) is 5.46. The molecule has 0 radical (unpaired) electrons. The van der Waals surface area contributed by atoms with Gasteiger partial charge in [-0.2, -0.15) is 0 Å². The molecule has 2 amide bonds. The molecule has 0 unspecified atom stereocenters. The average Bonchev–Trinajstić information content (AvgIpc) is 2.84. The standard InChI is InChI=1S/C25H37FN4O2/c1-19(2)24(31)29-13-9-21(10-14-29)27-11-7-20(8-12-27)25(32)30-17-15-28(16-18-30)23-6-4-3-5-22(23)26/h3-6,19-21H,7-18H2,1-2H3. The van der Waals surface area contributed by atoms with Crippen LogP contribution in [0.2, 0.25) is 0 Å². The smallest absolute Gasteiger partial charge is 0.225 e. The maximum absolute atomic E-state index is 14.1. The van der Waals surface area contributed by atoms with Gasteiger partial charge in [0.05, 0.1) is 5.69 Å². The van der Waals surface area contributed by atoms with Gasteiger partial charge in [-0.15, -0.1) is 0 Å². The number of anilines is 1. The predicted octanol–water partition coefficient (Wildman–Crippen LogP) is 2.83. The Bertz CT molecular complexity index is 793. The first kappa shape index (κ1) is 23.0. The molecule has 0 N–H and O–H groups in total. The molecule has 3 fully saturated rings. The molecule has 32 heavy (non-hydrogen) atoms. The Labute approximate surface area is 191 Å². The summed E-state index contributed by atoms with van der Waals surface area (Å²) < 4.78 is 14.1. The summed E-state index contributed by atoms with van der Waals surface area (Å²) in [6, 6.07) is 7.40. The summed E-state index contributed by atoms with van der Waals surface area (Å²) >= 11 is 0. The summed E-state index contributed by atoms with van der Waals surface area (Å²) in [5.74, 6) is 0.521. The van der Waals surface area contributed by atoms with Gasteiger partial charge in [0.2, 0.25) is 11.8 Å². The highest BCUT2D eigenvalue weighted by molar-refractivity contribution is 5.79. The van der Waals surface area contributed by atoms with Crippen molar-refractivity contribution in [2.24, 2.45) is 11.8 Å². The van der Waals surface area contributed by atoms with Gasteiger partial charge in [-0.25, -0.2) is 4.39 Å². The lowest BCUT2D eigenvalue weighted by atomic mass is 9.92. The molecule has 3 saturated heterocycles. The second kappa shape index (κ2) is 10.2. The maximum atomic E-state index is 14.1. The molecule has 7 heteroatoms. The number of benzene rings is 1. The quantitative estimate of drug-likeness (QED) is 0.717. The number of carbonyl (C=O) groups is 2. The number of hydrogen-bond donors (Lipinski definition) is 0. The molecule has 0 aliphatic carbocycles. The van der Waals surface area contributed by atoms with Gasteiger partial charge in [0, 0.05) is 57.1 Å². The number of carbonyl (C=O) groups excluding carboxylic acids is 2. The van der Waals surface area contributed by atoms with Crippen molar-refractivity contribution < 1.29 is 14.0 Å². The zero-order chi connectivity index (χ0) is 22.7. The Morgan fingerprint density at radius 2 is 1.47 bits per heavy atom. The molecule has 0 atom stereocenters. The van der Waals surface area contributed by atoms with Crippen LogP contribution < -0.4 is 4.90 Å². The van der Waals surface area contributed by atoms with Crippen molar-refractivity contribution >= 4 is 17.5 Å². The summed E-state index contributed by atoms with van der Waals surface area (Å²) in [7, 11) is 0. The Morgan fingerprint density at radius 3 is 2.06 bits per heavy atom. The Hall–Kier alpha value is -2.15. The molecule has 0 saturated carbocycles. The summed E-state index contributed by atoms with van der Waals surface area (Å²) in [5, 5.41) is 0. The highest BCUT2D eigenvalue weighted by Gasteiger charge is 2.34. The van der Waals surface area contributed by atoms with Crippen LogP contribution in [0.15, 0.2) is 24.3 Å². The van der Waals surface area contributed by atoms with E-state index < -0.39 is 0 Å². The molecule has 3 aliphatic rings. The van der Waals surface area contributed by atoms with Gasteiger partial charge in [-0.05, 0) is 50.9 Å². The molecule has 3 aliphatic heterocycles. The van der Waals surface area contributed by atoms with Gasteiger partial charge in [0.1, 0.15) is 5.82 Å². The minimum atomic E-state index is -0.195. The monoisotopic (exact) mass is 444 g/mol. The van der Waals surface area contributed by atoms with Gasteiger partial charge in [-0.1, -0.05) is 26.0 Å². The molecule has 0 aromatic heterocycles. The summed E-state index contributed by atoms with van der Waals surface area (Å²) in [6.07, 6.45) is 3.90. The number of amides is 2. The normalized spacial score (nSPS) is 21.9. The van der Waals surface area contributed by atoms with Crippen molar-refractivity contribution in [1.82, 2.24) is 14.7 Å². The number of piperazine rings is 1. The minimum Gasteiger partial charge on any atom is -0.366 e. The van der Waals surface area contributed by atoms with E-state index in [4.69, 9.17) is 0 Å². The molecule has 6 nitrogen and oxygen atoms in total. The van der Waals surface area contributed by atoms with Crippen molar-refractivity contribution in [1.29, 1.82) is 0 Å². The summed E-state index contributed by atoms with van der Waals surface area (Å²) in [6.45, 7) is 10.3. The van der Waals surface area contributed by atoms with E-state index in [9.17, 15) is 14.0 Å². The van der Waals surface area contributed by atoms with Crippen LogP contribution in [-0.4, -0.2) is 84.9 Å². The van der Waals surface area contributed by atoms with Crippen molar-refractivity contribution in [3.63, 3.8) is 0 Å². The SMILES string of the molecule is CC(C)C(=O)N1CCC(N2CCC(C(=O)N3CCN(c4ccccc4F)CC3)CC2)CC1. The van der Waals surface area contributed by atoms with Crippen LogP contribution in [0.3, 0.4) is 0 Å². The van der Waals surface area contributed by atoms with Crippen molar-refractivity contribution in [2.75, 3.05) is 57.3 Å². The first-order valence-electron chi connectivity index (χ1n) is 12.2. The maximum Gasteiger partial charge on any atom is 0.225 e. The lowest BCUT2D eigenvalue weighted by Gasteiger charge is -2.43. The third-order valence-corrected chi connectivity index (χ3v) is 7.45. The highest BCUT2D eigenvalue weighted by Crippen LogP contribution is 2.27. The van der Waals surface area contributed by atoms with Crippen molar-refractivity contribution in [3.8, 4) is 0 Å². The average molecular weight is 445 g/mol. The number of likely N-dealkylation sites (tertiary alicyclic amines) is 2. The van der Waals surface area contributed by atoms with E-state index in [0.717, 1.165) is 51.9 Å². The van der Waals surface area contributed by atoms with Crippen molar-refractivity contribution in [3.05, 3.63) is 30.1 Å². The van der Waals surface area contributed by atoms with Gasteiger partial charge in [0.15, 0.2) is 0 Å². The zero-order valence-corrected chi connectivity index (χ0v) is 19.5. The lowest BCUT2D eigenvalue weighted by molar-refractivity contribution is -0.139. The van der Waals surface area contributed by atoms with Crippen LogP contribution in [0.4, 0.5) is 10.1 Å². The fourth-order valence-electron chi connectivity index (χ4n) is 5.46. The van der Waals surface area contributed by atoms with E-state index in [0.29, 0.717) is 37.9 Å². The third-order valence-electron chi connectivity index (χ3n) is 7.45. The van der Waals surface area contributed by atoms with E-state index >= 15 is 0 Å². The fraction of sp³-hybridized carbons (Fsp3) is 0.680.